The van der Waals surface area contributed by atoms with Crippen LogP contribution in [-0.4, -0.2) is 29.0 Å². The normalized spacial score (nSPS) is 21.4. The first-order chi connectivity index (χ1) is 14.5. The Morgan fingerprint density at radius 3 is 2.73 bits per heavy atom. The molecule has 1 aromatic heterocycles. The van der Waals surface area contributed by atoms with Crippen molar-refractivity contribution in [1.29, 1.82) is 0 Å². The van der Waals surface area contributed by atoms with Gasteiger partial charge in [0.2, 0.25) is 0 Å². The summed E-state index contributed by atoms with van der Waals surface area (Å²) in [5, 5.41) is 0.820. The van der Waals surface area contributed by atoms with E-state index in [-0.39, 0.29) is 18.2 Å². The van der Waals surface area contributed by atoms with Crippen LogP contribution in [0, 0.1) is 0 Å². The van der Waals surface area contributed by atoms with Gasteiger partial charge >= 0.3 is 5.97 Å². The number of hydrogen-bond donors (Lipinski definition) is 0. The Labute approximate surface area is 175 Å². The summed E-state index contributed by atoms with van der Waals surface area (Å²) in [6, 6.07) is 15.9. The number of nitrogens with zero attached hydrogens (tertiary/aromatic N) is 1. The maximum absolute atomic E-state index is 12.9. The summed E-state index contributed by atoms with van der Waals surface area (Å²) in [5.41, 5.74) is 3.42. The molecule has 0 bridgehead atoms. The molecule has 0 radical (unpaired) electrons. The molecular weight excluding hydrogens is 382 g/mol. The van der Waals surface area contributed by atoms with Crippen molar-refractivity contribution in [2.24, 2.45) is 0 Å². The van der Waals surface area contributed by atoms with E-state index in [1.807, 2.05) is 69.3 Å². The first-order valence-corrected chi connectivity index (χ1v) is 10.3. The maximum atomic E-state index is 12.9. The largest absolute Gasteiger partial charge is 0.489 e. The summed E-state index contributed by atoms with van der Waals surface area (Å²) in [6.07, 6.45) is -0.401. The van der Waals surface area contributed by atoms with Crippen LogP contribution in [0.1, 0.15) is 48.5 Å². The molecule has 2 aromatic carbocycles. The first kappa shape index (κ1) is 19.2. The molecule has 0 aliphatic carbocycles. The lowest BCUT2D eigenvalue weighted by Gasteiger charge is -2.19. The van der Waals surface area contributed by atoms with Crippen molar-refractivity contribution in [3.8, 4) is 5.75 Å². The Hall–Kier alpha value is -2.83. The number of esters is 1. The van der Waals surface area contributed by atoms with Crippen LogP contribution in [0.15, 0.2) is 48.5 Å². The van der Waals surface area contributed by atoms with Crippen LogP contribution in [0.4, 0.5) is 0 Å². The van der Waals surface area contributed by atoms with Crippen LogP contribution in [0.2, 0.25) is 0 Å². The molecule has 0 unspecified atom stereocenters. The van der Waals surface area contributed by atoms with E-state index >= 15 is 0 Å². The van der Waals surface area contributed by atoms with Crippen molar-refractivity contribution in [2.75, 3.05) is 6.61 Å². The lowest BCUT2D eigenvalue weighted by molar-refractivity contribution is -0.151. The average molecular weight is 407 g/mol. The molecule has 3 heterocycles. The molecule has 6 nitrogen and oxygen atoms in total. The number of rotatable bonds is 5. The second-order valence-electron chi connectivity index (χ2n) is 8.14. The van der Waals surface area contributed by atoms with Gasteiger partial charge in [-0.05, 0) is 44.5 Å². The molecule has 2 aliphatic rings. The minimum Gasteiger partial charge on any atom is -0.489 e. The van der Waals surface area contributed by atoms with Gasteiger partial charge in [-0.1, -0.05) is 30.3 Å². The summed E-state index contributed by atoms with van der Waals surface area (Å²) in [4.78, 5) is 12.9. The minimum atomic E-state index is -0.674. The highest BCUT2D eigenvalue weighted by Gasteiger charge is 2.50. The van der Waals surface area contributed by atoms with Crippen LogP contribution < -0.4 is 4.74 Å². The van der Waals surface area contributed by atoms with Gasteiger partial charge in [0, 0.05) is 10.9 Å². The van der Waals surface area contributed by atoms with E-state index < -0.39 is 5.79 Å². The van der Waals surface area contributed by atoms with E-state index in [0.717, 1.165) is 22.2 Å². The fourth-order valence-electron chi connectivity index (χ4n) is 4.48. The van der Waals surface area contributed by atoms with E-state index in [4.69, 9.17) is 18.9 Å². The van der Waals surface area contributed by atoms with Gasteiger partial charge in [0.05, 0.1) is 24.4 Å². The highest BCUT2D eigenvalue weighted by molar-refractivity contribution is 6.06. The highest BCUT2D eigenvalue weighted by Crippen LogP contribution is 2.48. The van der Waals surface area contributed by atoms with Gasteiger partial charge in [0.15, 0.2) is 5.79 Å². The van der Waals surface area contributed by atoms with Crippen LogP contribution in [-0.2, 0) is 27.4 Å². The van der Waals surface area contributed by atoms with Crippen molar-refractivity contribution < 1.29 is 23.7 Å². The lowest BCUT2D eigenvalue weighted by atomic mass is 10.1. The zero-order valence-electron chi connectivity index (χ0n) is 17.4. The van der Waals surface area contributed by atoms with E-state index in [9.17, 15) is 4.79 Å². The second-order valence-corrected chi connectivity index (χ2v) is 8.14. The molecule has 3 aromatic rings. The van der Waals surface area contributed by atoms with Gasteiger partial charge in [-0.15, -0.1) is 0 Å². The fraction of sp³-hybridized carbons (Fsp3) is 0.375. The van der Waals surface area contributed by atoms with Gasteiger partial charge in [-0.25, -0.2) is 4.79 Å². The summed E-state index contributed by atoms with van der Waals surface area (Å²) in [5.74, 6) is -0.306. The van der Waals surface area contributed by atoms with Crippen molar-refractivity contribution >= 4 is 16.9 Å². The summed E-state index contributed by atoms with van der Waals surface area (Å²) >= 11 is 0. The highest BCUT2D eigenvalue weighted by atomic mass is 16.8. The Morgan fingerprint density at radius 2 is 1.97 bits per heavy atom. The van der Waals surface area contributed by atoms with Crippen molar-refractivity contribution in [1.82, 2.24) is 4.57 Å². The van der Waals surface area contributed by atoms with Crippen LogP contribution in [0.5, 0.6) is 5.75 Å². The molecule has 6 heteroatoms. The standard InChI is InChI=1S/C24H25NO5/c1-4-27-23(26)20-17-12-16(28-14-15-8-6-5-7-9-15)10-11-18(17)25-13-19-22(21(20)25)30-24(2,3)29-19/h5-12,19,22H,4,13-14H2,1-3H3/t19-,22-/m1/s1. The number of carbonyl (C=O) groups is 1. The van der Waals surface area contributed by atoms with E-state index in [0.29, 0.717) is 31.1 Å². The number of aromatic nitrogens is 1. The molecule has 0 spiro atoms. The molecule has 156 valence electrons. The number of hydrogen-bond acceptors (Lipinski definition) is 5. The van der Waals surface area contributed by atoms with E-state index in [2.05, 4.69) is 4.57 Å². The third-order valence-corrected chi connectivity index (χ3v) is 5.62. The monoisotopic (exact) mass is 407 g/mol. The van der Waals surface area contributed by atoms with Gasteiger partial charge < -0.3 is 23.5 Å². The Balaban J connectivity index is 1.55. The van der Waals surface area contributed by atoms with Gasteiger partial charge in [0.25, 0.3) is 0 Å². The number of fused-ring (bicyclic) bond motifs is 5. The van der Waals surface area contributed by atoms with Crippen LogP contribution >= 0.6 is 0 Å². The molecule has 0 saturated carbocycles. The summed E-state index contributed by atoms with van der Waals surface area (Å²) in [7, 11) is 0. The molecule has 30 heavy (non-hydrogen) atoms. The Kier molecular flexibility index (Phi) is 4.56. The molecule has 0 N–H and O–H groups in total. The molecular formula is C24H25NO5. The van der Waals surface area contributed by atoms with Crippen molar-refractivity contribution in [3.63, 3.8) is 0 Å². The number of carbonyl (C=O) groups excluding carboxylic acids is 1. The van der Waals surface area contributed by atoms with Gasteiger partial charge in [-0.3, -0.25) is 0 Å². The smallest absolute Gasteiger partial charge is 0.340 e. The molecule has 1 saturated heterocycles. The van der Waals surface area contributed by atoms with Crippen molar-refractivity contribution in [3.05, 3.63) is 65.4 Å². The van der Waals surface area contributed by atoms with E-state index in [1.165, 1.54) is 0 Å². The topological polar surface area (TPSA) is 58.9 Å². The number of benzene rings is 2. The third kappa shape index (κ3) is 3.16. The minimum absolute atomic E-state index is 0.110. The quantitative estimate of drug-likeness (QED) is 0.579. The predicted molar refractivity (Wildman–Crippen MR) is 111 cm³/mol. The molecule has 5 rings (SSSR count). The SMILES string of the molecule is CCOC(=O)c1c2n(c3ccc(OCc4ccccc4)cc13)C[C@H]1OC(C)(C)O[C@@H]21. The second kappa shape index (κ2) is 7.15. The Morgan fingerprint density at radius 1 is 1.17 bits per heavy atom. The molecule has 2 atom stereocenters. The predicted octanol–water partition coefficient (Wildman–Crippen LogP) is 4.60. The lowest BCUT2D eigenvalue weighted by Crippen LogP contribution is -2.23. The van der Waals surface area contributed by atoms with Crippen LogP contribution in [0.25, 0.3) is 10.9 Å². The van der Waals surface area contributed by atoms with Crippen molar-refractivity contribution in [2.45, 2.75) is 51.9 Å². The van der Waals surface area contributed by atoms with Gasteiger partial charge in [-0.2, -0.15) is 0 Å². The molecule has 1 fully saturated rings. The first-order valence-electron chi connectivity index (χ1n) is 10.3. The summed E-state index contributed by atoms with van der Waals surface area (Å²) < 4.78 is 25.7. The van der Waals surface area contributed by atoms with E-state index in [1.54, 1.807) is 0 Å². The fourth-order valence-corrected chi connectivity index (χ4v) is 4.48. The average Bonchev–Trinajstić information content (AvgIpc) is 3.31. The van der Waals surface area contributed by atoms with Crippen LogP contribution in [0.3, 0.4) is 0 Å². The third-order valence-electron chi connectivity index (χ3n) is 5.62. The molecule has 2 aliphatic heterocycles. The zero-order valence-corrected chi connectivity index (χ0v) is 17.4. The summed E-state index contributed by atoms with van der Waals surface area (Å²) in [6.45, 7) is 7.03. The maximum Gasteiger partial charge on any atom is 0.340 e. The Bertz CT molecular complexity index is 1100. The van der Waals surface area contributed by atoms with Gasteiger partial charge in [0.1, 0.15) is 24.6 Å². The number of ether oxygens (including phenoxy) is 4. The molecule has 0 amide bonds. The zero-order chi connectivity index (χ0) is 20.9.